The third-order valence-electron chi connectivity index (χ3n) is 6.89. The molecule has 1 aliphatic rings. The number of rotatable bonds is 17. The Bertz CT molecular complexity index is 1520. The third kappa shape index (κ3) is 11.0. The zero-order valence-electron chi connectivity index (χ0n) is 25.3. The Labute approximate surface area is 279 Å². The number of alkyl carbamates (subject to hydrolysis) is 1. The Kier molecular flexibility index (Phi) is 13.7. The number of aliphatic carboxylic acids is 2. The van der Waals surface area contributed by atoms with E-state index >= 15 is 0 Å². The summed E-state index contributed by atoms with van der Waals surface area (Å²) >= 11 is 4.09. The maximum absolute atomic E-state index is 12.6. The number of hydrogen-bond acceptors (Lipinski definition) is 10. The van der Waals surface area contributed by atoms with Crippen molar-refractivity contribution in [2.45, 2.75) is 24.4 Å². The molecule has 2 unspecified atom stereocenters. The molecule has 0 aliphatic heterocycles. The second kappa shape index (κ2) is 17.9. The number of amides is 6. The lowest BCUT2D eigenvalue weighted by Crippen LogP contribution is -2.52. The summed E-state index contributed by atoms with van der Waals surface area (Å²) in [6, 6.07) is 12.8. The molecule has 0 aromatic heterocycles. The smallest absolute Gasteiger partial charge is 0.407 e. The molecule has 8 N–H and O–H groups in total. The van der Waals surface area contributed by atoms with Crippen LogP contribution in [0.4, 0.5) is 4.79 Å². The number of fused-ring (bicyclic) bond motifs is 3. The van der Waals surface area contributed by atoms with Crippen LogP contribution in [0.5, 0.6) is 0 Å². The number of carbonyl (C=O) groups excluding carboxylic acids is 6. The minimum atomic E-state index is -1.60. The SMILES string of the molecule is O=C(O)CNC(=O)C(CC(=O)O)NC(=O)CNC(=O)CNC(=O)CNC(=O)C(CS)NC(=O)OCC1c2ccccc2-c2ccccc21. The molecule has 0 saturated heterocycles. The summed E-state index contributed by atoms with van der Waals surface area (Å²) in [7, 11) is 0. The minimum Gasteiger partial charge on any atom is -0.481 e. The maximum atomic E-state index is 12.6. The first kappa shape index (κ1) is 36.8. The molecule has 2 aromatic carbocycles. The quantitative estimate of drug-likeness (QED) is 0.0851. The molecule has 6 amide bonds. The first-order valence-corrected chi connectivity index (χ1v) is 15.1. The summed E-state index contributed by atoms with van der Waals surface area (Å²) in [4.78, 5) is 94.9. The van der Waals surface area contributed by atoms with Crippen molar-refractivity contribution < 1.29 is 53.3 Å². The van der Waals surface area contributed by atoms with Gasteiger partial charge < -0.3 is 46.9 Å². The van der Waals surface area contributed by atoms with Crippen LogP contribution in [-0.2, 0) is 38.3 Å². The van der Waals surface area contributed by atoms with Crippen LogP contribution in [0.1, 0.15) is 23.5 Å². The maximum Gasteiger partial charge on any atom is 0.407 e. The number of carbonyl (C=O) groups is 8. The molecule has 48 heavy (non-hydrogen) atoms. The predicted molar refractivity (Wildman–Crippen MR) is 170 cm³/mol. The van der Waals surface area contributed by atoms with Crippen molar-refractivity contribution in [3.05, 3.63) is 59.7 Å². The Morgan fingerprint density at radius 3 is 1.69 bits per heavy atom. The molecular weight excluding hydrogens is 652 g/mol. The van der Waals surface area contributed by atoms with Crippen LogP contribution >= 0.6 is 12.6 Å². The Morgan fingerprint density at radius 2 is 1.15 bits per heavy atom. The number of nitrogens with one attached hydrogen (secondary N) is 6. The summed E-state index contributed by atoms with van der Waals surface area (Å²) in [6.45, 7) is -2.64. The Morgan fingerprint density at radius 1 is 0.646 bits per heavy atom. The topological polar surface area (TPSA) is 258 Å². The Balaban J connectivity index is 1.37. The highest BCUT2D eigenvalue weighted by Gasteiger charge is 2.30. The first-order chi connectivity index (χ1) is 22.9. The normalized spacial score (nSPS) is 12.6. The van der Waals surface area contributed by atoms with E-state index in [1.165, 1.54) is 0 Å². The van der Waals surface area contributed by atoms with Crippen LogP contribution in [0.15, 0.2) is 48.5 Å². The molecule has 0 spiro atoms. The number of carboxylic acids is 2. The highest BCUT2D eigenvalue weighted by atomic mass is 32.1. The van der Waals surface area contributed by atoms with Crippen LogP contribution in [0.3, 0.4) is 0 Å². The van der Waals surface area contributed by atoms with Crippen molar-refractivity contribution in [3.63, 3.8) is 0 Å². The predicted octanol–water partition coefficient (Wildman–Crippen LogP) is -1.67. The van der Waals surface area contributed by atoms with Gasteiger partial charge in [-0.2, -0.15) is 12.6 Å². The average molecular weight is 687 g/mol. The van der Waals surface area contributed by atoms with Crippen LogP contribution in [-0.4, -0.2) is 108 Å². The van der Waals surface area contributed by atoms with E-state index in [0.29, 0.717) is 0 Å². The van der Waals surface area contributed by atoms with Gasteiger partial charge in [0.1, 0.15) is 25.2 Å². The van der Waals surface area contributed by atoms with Crippen LogP contribution in [0.2, 0.25) is 0 Å². The molecule has 1 aliphatic carbocycles. The van der Waals surface area contributed by atoms with Gasteiger partial charge in [0.25, 0.3) is 0 Å². The van der Waals surface area contributed by atoms with Crippen molar-refractivity contribution in [1.29, 1.82) is 0 Å². The van der Waals surface area contributed by atoms with Gasteiger partial charge in [-0.15, -0.1) is 0 Å². The van der Waals surface area contributed by atoms with Gasteiger partial charge in [-0.05, 0) is 22.3 Å². The summed E-state index contributed by atoms with van der Waals surface area (Å²) in [5.74, 6) is -7.49. The monoisotopic (exact) mass is 686 g/mol. The fraction of sp³-hybridized carbons (Fsp3) is 0.333. The van der Waals surface area contributed by atoms with Gasteiger partial charge in [0.05, 0.1) is 26.1 Å². The van der Waals surface area contributed by atoms with Gasteiger partial charge in [-0.25, -0.2) is 4.79 Å². The second-order valence-electron chi connectivity index (χ2n) is 10.3. The van der Waals surface area contributed by atoms with Gasteiger partial charge in [-0.1, -0.05) is 48.5 Å². The van der Waals surface area contributed by atoms with Crippen LogP contribution in [0, 0.1) is 0 Å². The lowest BCUT2D eigenvalue weighted by atomic mass is 9.98. The van der Waals surface area contributed by atoms with Gasteiger partial charge in [0, 0.05) is 11.7 Å². The van der Waals surface area contributed by atoms with Gasteiger partial charge in [0.2, 0.25) is 29.5 Å². The molecule has 0 heterocycles. The first-order valence-electron chi connectivity index (χ1n) is 14.4. The van der Waals surface area contributed by atoms with Gasteiger partial charge >= 0.3 is 18.0 Å². The number of ether oxygens (including phenoxy) is 1. The summed E-state index contributed by atoms with van der Waals surface area (Å²) in [5.41, 5.74) is 4.14. The van der Waals surface area contributed by atoms with Crippen molar-refractivity contribution in [3.8, 4) is 11.1 Å². The second-order valence-corrected chi connectivity index (χ2v) is 10.7. The molecule has 256 valence electrons. The van der Waals surface area contributed by atoms with Gasteiger partial charge in [0.15, 0.2) is 0 Å². The van der Waals surface area contributed by atoms with Crippen LogP contribution < -0.4 is 31.9 Å². The minimum absolute atomic E-state index is 0.0257. The molecule has 0 bridgehead atoms. The summed E-state index contributed by atoms with van der Waals surface area (Å²) < 4.78 is 5.44. The molecule has 0 saturated carbocycles. The molecule has 2 atom stereocenters. The van der Waals surface area contributed by atoms with E-state index in [-0.39, 0.29) is 18.3 Å². The van der Waals surface area contributed by atoms with E-state index < -0.39 is 92.3 Å². The van der Waals surface area contributed by atoms with Crippen LogP contribution in [0.25, 0.3) is 11.1 Å². The zero-order chi connectivity index (χ0) is 35.2. The van der Waals surface area contributed by atoms with Crippen molar-refractivity contribution in [2.24, 2.45) is 0 Å². The highest BCUT2D eigenvalue weighted by Crippen LogP contribution is 2.44. The number of hydrogen-bond donors (Lipinski definition) is 9. The molecule has 0 radical (unpaired) electrons. The van der Waals surface area contributed by atoms with Crippen molar-refractivity contribution in [1.82, 2.24) is 31.9 Å². The van der Waals surface area contributed by atoms with E-state index in [9.17, 15) is 38.4 Å². The fourth-order valence-corrected chi connectivity index (χ4v) is 4.92. The van der Waals surface area contributed by atoms with E-state index in [1.807, 2.05) is 53.8 Å². The number of thiol groups is 1. The van der Waals surface area contributed by atoms with Crippen molar-refractivity contribution >= 4 is 60.2 Å². The van der Waals surface area contributed by atoms with Gasteiger partial charge in [-0.3, -0.25) is 33.6 Å². The zero-order valence-corrected chi connectivity index (χ0v) is 26.2. The van der Waals surface area contributed by atoms with E-state index in [0.717, 1.165) is 22.3 Å². The molecule has 2 aromatic rings. The number of carboxylic acid groups (broad SMARTS) is 2. The summed E-state index contributed by atoms with van der Waals surface area (Å²) in [6.07, 6.45) is -1.70. The molecule has 0 fully saturated rings. The molecular formula is C30H34N6O11S. The standard InChI is InChI=1S/C30H34N6O11S/c37-23(32-12-25(39)35-21(9-26(40)41)28(44)34-13-27(42)43)10-31-24(38)11-33-29(45)22(15-48)36-30(46)47-14-20-18-7-3-1-5-16(18)17-6-2-4-8-19(17)20/h1-8,20-22,48H,9-15H2,(H,31,38)(H,32,37)(H,33,45)(H,34,44)(H,35,39)(H,36,46)(H,40,41)(H,42,43). The van der Waals surface area contributed by atoms with E-state index in [1.54, 1.807) is 0 Å². The lowest BCUT2D eigenvalue weighted by molar-refractivity contribution is -0.141. The van der Waals surface area contributed by atoms with E-state index in [2.05, 4.69) is 39.2 Å². The largest absolute Gasteiger partial charge is 0.481 e. The summed E-state index contributed by atoms with van der Waals surface area (Å²) in [5, 5.41) is 30.6. The average Bonchev–Trinajstić information content (AvgIpc) is 3.38. The fourth-order valence-electron chi connectivity index (χ4n) is 4.66. The molecule has 3 rings (SSSR count). The highest BCUT2D eigenvalue weighted by molar-refractivity contribution is 7.80. The number of benzene rings is 2. The Hall–Kier alpha value is -5.65. The molecule has 18 heteroatoms. The van der Waals surface area contributed by atoms with E-state index in [4.69, 9.17) is 14.9 Å². The lowest BCUT2D eigenvalue weighted by Gasteiger charge is -2.18. The molecule has 17 nitrogen and oxygen atoms in total. The van der Waals surface area contributed by atoms with Crippen molar-refractivity contribution in [2.75, 3.05) is 38.5 Å². The third-order valence-corrected chi connectivity index (χ3v) is 7.26.